The molecule has 0 atom stereocenters. The molecule has 0 amide bonds. The van der Waals surface area contributed by atoms with Gasteiger partial charge in [-0.3, -0.25) is 0 Å². The van der Waals surface area contributed by atoms with E-state index in [-0.39, 0.29) is 13.2 Å². The molecule has 0 spiro atoms. The summed E-state index contributed by atoms with van der Waals surface area (Å²) in [5, 5.41) is 16.1. The van der Waals surface area contributed by atoms with Crippen molar-refractivity contribution in [3.63, 3.8) is 0 Å². The van der Waals surface area contributed by atoms with E-state index in [0.717, 1.165) is 12.4 Å². The second kappa shape index (κ2) is 13.2. The van der Waals surface area contributed by atoms with E-state index in [0.29, 0.717) is 0 Å². The van der Waals surface area contributed by atoms with Crippen LogP contribution in [0.2, 0.25) is 0 Å². The number of benzene rings is 1. The largest absolute Gasteiger partial charge is 0.494 e. The normalized spacial score (nSPS) is 13.2. The summed E-state index contributed by atoms with van der Waals surface area (Å²) in [6.07, 6.45) is 11.7. The van der Waals surface area contributed by atoms with Gasteiger partial charge in [-0.1, -0.05) is 38.7 Å². The molecule has 4 heteroatoms. The maximum Gasteiger partial charge on any atom is 0.119 e. The SMILES string of the molecule is CCCCCCCOc1ccc2c(c1)CCCC2.NC(CO)CO. The van der Waals surface area contributed by atoms with Crippen molar-refractivity contribution in [2.24, 2.45) is 5.73 Å². The van der Waals surface area contributed by atoms with Crippen molar-refractivity contribution in [3.8, 4) is 5.75 Å². The summed E-state index contributed by atoms with van der Waals surface area (Å²) in [4.78, 5) is 0. The van der Waals surface area contributed by atoms with Crippen molar-refractivity contribution >= 4 is 0 Å². The zero-order valence-electron chi connectivity index (χ0n) is 15.2. The Morgan fingerprint density at radius 2 is 1.67 bits per heavy atom. The summed E-state index contributed by atoms with van der Waals surface area (Å²) in [6.45, 7) is 2.85. The number of unbranched alkanes of at least 4 members (excludes halogenated alkanes) is 4. The highest BCUT2D eigenvalue weighted by atomic mass is 16.5. The molecule has 0 aliphatic heterocycles. The van der Waals surface area contributed by atoms with Gasteiger partial charge in [-0.15, -0.1) is 0 Å². The van der Waals surface area contributed by atoms with Crippen LogP contribution in [0.25, 0.3) is 0 Å². The molecule has 0 fully saturated rings. The number of aliphatic hydroxyl groups excluding tert-OH is 2. The number of aryl methyl sites for hydroxylation is 2. The first-order chi connectivity index (χ1) is 11.7. The van der Waals surface area contributed by atoms with Crippen molar-refractivity contribution < 1.29 is 14.9 Å². The third kappa shape index (κ3) is 8.67. The predicted molar refractivity (Wildman–Crippen MR) is 99.5 cm³/mol. The smallest absolute Gasteiger partial charge is 0.119 e. The molecular formula is C20H35NO3. The monoisotopic (exact) mass is 337 g/mol. The van der Waals surface area contributed by atoms with Gasteiger partial charge < -0.3 is 20.7 Å². The zero-order chi connectivity index (χ0) is 17.6. The Labute approximate surface area is 147 Å². The third-order valence-corrected chi connectivity index (χ3v) is 4.31. The van der Waals surface area contributed by atoms with Crippen molar-refractivity contribution in [2.45, 2.75) is 70.8 Å². The van der Waals surface area contributed by atoms with E-state index in [1.807, 2.05) is 0 Å². The van der Waals surface area contributed by atoms with E-state index in [4.69, 9.17) is 20.7 Å². The quantitative estimate of drug-likeness (QED) is 0.605. The highest BCUT2D eigenvalue weighted by Crippen LogP contribution is 2.25. The van der Waals surface area contributed by atoms with Crippen LogP contribution in [0.15, 0.2) is 18.2 Å². The van der Waals surface area contributed by atoms with Crippen LogP contribution in [0.1, 0.15) is 63.0 Å². The van der Waals surface area contributed by atoms with Crippen LogP contribution < -0.4 is 10.5 Å². The Balaban J connectivity index is 0.000000413. The molecule has 4 N–H and O–H groups in total. The lowest BCUT2D eigenvalue weighted by molar-refractivity contribution is 0.194. The lowest BCUT2D eigenvalue weighted by Crippen LogP contribution is -2.27. The van der Waals surface area contributed by atoms with Crippen molar-refractivity contribution in [2.75, 3.05) is 19.8 Å². The summed E-state index contributed by atoms with van der Waals surface area (Å²) < 4.78 is 5.85. The van der Waals surface area contributed by atoms with E-state index in [2.05, 4.69) is 25.1 Å². The molecular weight excluding hydrogens is 302 g/mol. The molecule has 138 valence electrons. The predicted octanol–water partition coefficient (Wildman–Crippen LogP) is 3.21. The Morgan fingerprint density at radius 3 is 2.29 bits per heavy atom. The highest BCUT2D eigenvalue weighted by molar-refractivity contribution is 5.37. The van der Waals surface area contributed by atoms with Gasteiger partial charge in [0.15, 0.2) is 0 Å². The Hall–Kier alpha value is -1.10. The van der Waals surface area contributed by atoms with Gasteiger partial charge in [0.2, 0.25) is 0 Å². The van der Waals surface area contributed by atoms with Crippen molar-refractivity contribution in [1.29, 1.82) is 0 Å². The molecule has 0 heterocycles. The van der Waals surface area contributed by atoms with E-state index in [1.54, 1.807) is 0 Å². The van der Waals surface area contributed by atoms with E-state index in [1.165, 1.54) is 68.9 Å². The average Bonchev–Trinajstić information content (AvgIpc) is 2.64. The molecule has 1 aromatic rings. The molecule has 1 aliphatic carbocycles. The number of aliphatic hydroxyl groups is 2. The van der Waals surface area contributed by atoms with Gasteiger partial charge in [0, 0.05) is 0 Å². The number of rotatable bonds is 9. The first kappa shape index (κ1) is 20.9. The Bertz CT molecular complexity index is 433. The first-order valence-electron chi connectivity index (χ1n) is 9.43. The fraction of sp³-hybridized carbons (Fsp3) is 0.700. The van der Waals surface area contributed by atoms with Gasteiger partial charge in [-0.25, -0.2) is 0 Å². The number of hydrogen-bond acceptors (Lipinski definition) is 4. The third-order valence-electron chi connectivity index (χ3n) is 4.31. The summed E-state index contributed by atoms with van der Waals surface area (Å²) >= 11 is 0. The molecule has 4 nitrogen and oxygen atoms in total. The van der Waals surface area contributed by atoms with Crippen molar-refractivity contribution in [1.82, 2.24) is 0 Å². The first-order valence-corrected chi connectivity index (χ1v) is 9.43. The Kier molecular flexibility index (Phi) is 11.5. The molecule has 0 aromatic heterocycles. The summed E-state index contributed by atoms with van der Waals surface area (Å²) in [5.74, 6) is 1.08. The minimum Gasteiger partial charge on any atom is -0.494 e. The fourth-order valence-electron chi connectivity index (χ4n) is 2.75. The number of fused-ring (bicyclic) bond motifs is 1. The van der Waals surface area contributed by atoms with Gasteiger partial charge in [0.05, 0.1) is 25.9 Å². The maximum atomic E-state index is 8.05. The summed E-state index contributed by atoms with van der Waals surface area (Å²) in [5.41, 5.74) is 8.03. The summed E-state index contributed by atoms with van der Waals surface area (Å²) in [7, 11) is 0. The lowest BCUT2D eigenvalue weighted by Gasteiger charge is -2.16. The minimum absolute atomic E-state index is 0.142. The summed E-state index contributed by atoms with van der Waals surface area (Å²) in [6, 6.07) is 6.22. The molecule has 24 heavy (non-hydrogen) atoms. The standard InChI is InChI=1S/C17H26O.C3H9NO2/c1-2-3-4-5-8-13-18-17-12-11-15-9-6-7-10-16(15)14-17;4-3(1-5)2-6/h11-12,14H,2-10,13H2,1H3;3,5-6H,1-2,4H2. The van der Waals surface area contributed by atoms with E-state index < -0.39 is 6.04 Å². The second-order valence-electron chi connectivity index (χ2n) is 6.53. The maximum absolute atomic E-state index is 8.05. The lowest BCUT2D eigenvalue weighted by atomic mass is 9.92. The molecule has 0 radical (unpaired) electrons. The molecule has 2 rings (SSSR count). The fourth-order valence-corrected chi connectivity index (χ4v) is 2.75. The minimum atomic E-state index is -0.454. The van der Waals surface area contributed by atoms with Crippen LogP contribution in [0.3, 0.4) is 0 Å². The number of hydrogen-bond donors (Lipinski definition) is 3. The Morgan fingerprint density at radius 1 is 1.00 bits per heavy atom. The molecule has 0 saturated carbocycles. The van der Waals surface area contributed by atoms with Gasteiger partial charge in [-0.05, 0) is 55.4 Å². The van der Waals surface area contributed by atoms with Crippen molar-refractivity contribution in [3.05, 3.63) is 29.3 Å². The second-order valence-corrected chi connectivity index (χ2v) is 6.53. The molecule has 1 aliphatic rings. The molecule has 0 unspecified atom stereocenters. The average molecular weight is 338 g/mol. The molecule has 0 bridgehead atoms. The number of nitrogens with two attached hydrogens (primary N) is 1. The highest BCUT2D eigenvalue weighted by Gasteiger charge is 2.09. The van der Waals surface area contributed by atoms with Gasteiger partial charge in [0.1, 0.15) is 5.75 Å². The van der Waals surface area contributed by atoms with E-state index in [9.17, 15) is 0 Å². The van der Waals surface area contributed by atoms with Gasteiger partial charge in [-0.2, -0.15) is 0 Å². The molecule has 0 saturated heterocycles. The topological polar surface area (TPSA) is 75.7 Å². The van der Waals surface area contributed by atoms with Crippen LogP contribution in [0.5, 0.6) is 5.75 Å². The van der Waals surface area contributed by atoms with E-state index >= 15 is 0 Å². The van der Waals surface area contributed by atoms with Crippen LogP contribution in [0, 0.1) is 0 Å². The zero-order valence-corrected chi connectivity index (χ0v) is 15.2. The number of ether oxygens (including phenoxy) is 1. The van der Waals surface area contributed by atoms with Crippen LogP contribution in [-0.4, -0.2) is 36.1 Å². The van der Waals surface area contributed by atoms with Gasteiger partial charge >= 0.3 is 0 Å². The van der Waals surface area contributed by atoms with Crippen LogP contribution in [-0.2, 0) is 12.8 Å². The van der Waals surface area contributed by atoms with Gasteiger partial charge in [0.25, 0.3) is 0 Å². The van der Waals surface area contributed by atoms with Crippen LogP contribution >= 0.6 is 0 Å². The van der Waals surface area contributed by atoms with Crippen LogP contribution in [0.4, 0.5) is 0 Å². The molecule has 1 aromatic carbocycles.